The first-order valence-corrected chi connectivity index (χ1v) is 10.7. The van der Waals surface area contributed by atoms with Crippen molar-refractivity contribution in [2.75, 3.05) is 0 Å². The van der Waals surface area contributed by atoms with Gasteiger partial charge in [-0.25, -0.2) is 4.79 Å². The number of unbranched alkanes of at least 4 members (excludes halogenated alkanes) is 1. The average molecular weight is 419 g/mol. The number of ether oxygens (including phenoxy) is 1. The van der Waals surface area contributed by atoms with E-state index in [4.69, 9.17) is 4.74 Å². The molecule has 1 aliphatic rings. The number of allylic oxidation sites excluding steroid dienone is 1. The van der Waals surface area contributed by atoms with Gasteiger partial charge in [0.15, 0.2) is 0 Å². The molecule has 0 amide bonds. The van der Waals surface area contributed by atoms with Crippen LogP contribution in [0.15, 0.2) is 42.2 Å². The van der Waals surface area contributed by atoms with Gasteiger partial charge in [0.25, 0.3) is 0 Å². The van der Waals surface area contributed by atoms with Crippen LogP contribution in [-0.4, -0.2) is 39.5 Å². The summed E-state index contributed by atoms with van der Waals surface area (Å²) in [6.07, 6.45) is 3.54. The molecule has 1 aromatic carbocycles. The van der Waals surface area contributed by atoms with Gasteiger partial charge in [-0.1, -0.05) is 51.8 Å². The first-order valence-electron chi connectivity index (χ1n) is 10.7. The molecule has 0 saturated heterocycles. The predicted octanol–water partition coefficient (Wildman–Crippen LogP) is 4.73. The molecule has 0 unspecified atom stereocenters. The van der Waals surface area contributed by atoms with E-state index in [1.54, 1.807) is 36.4 Å². The summed E-state index contributed by atoms with van der Waals surface area (Å²) in [4.78, 5) is 23.9. The van der Waals surface area contributed by atoms with Crippen LogP contribution in [0.5, 0.6) is 0 Å². The van der Waals surface area contributed by atoms with Crippen LogP contribution in [0.4, 0.5) is 0 Å². The number of hydrogen-bond acceptors (Lipinski definition) is 5. The summed E-state index contributed by atoms with van der Waals surface area (Å²) in [5.74, 6) is -3.08. The third-order valence-corrected chi connectivity index (χ3v) is 5.92. The molecule has 1 aromatic rings. The first kappa shape index (κ1) is 23.9. The van der Waals surface area contributed by atoms with Gasteiger partial charge in [-0.05, 0) is 36.5 Å². The second kappa shape index (κ2) is 10.6. The number of carboxylic acid groups (broad SMARTS) is 1. The van der Waals surface area contributed by atoms with E-state index in [0.717, 1.165) is 19.3 Å². The summed E-state index contributed by atoms with van der Waals surface area (Å²) in [5.41, 5.74) is 0.358. The van der Waals surface area contributed by atoms with Crippen molar-refractivity contribution >= 4 is 11.9 Å². The van der Waals surface area contributed by atoms with Crippen molar-refractivity contribution in [3.05, 3.63) is 47.7 Å². The van der Waals surface area contributed by atoms with Crippen LogP contribution in [0.3, 0.4) is 0 Å². The Morgan fingerprint density at radius 1 is 1.20 bits per heavy atom. The van der Waals surface area contributed by atoms with Crippen LogP contribution in [0, 0.1) is 17.3 Å². The highest BCUT2D eigenvalue weighted by Crippen LogP contribution is 2.41. The van der Waals surface area contributed by atoms with Gasteiger partial charge >= 0.3 is 11.9 Å². The summed E-state index contributed by atoms with van der Waals surface area (Å²) in [7, 11) is 0. The Hall–Kier alpha value is -2.34. The third kappa shape index (κ3) is 6.59. The standard InChI is InChI=1S/C24H34O6/c1-4-5-12-24(2,3)13-11-18(25)22-17(14-21(27)28)19(26)15-20(22)30-23(29)16-9-7-6-8-10-16/h6-11,17,19-20,22,25-26H,4-5,12-15H2,1-3H3,(H,27,28)/t17-,19-,20-,22-/m1/s1. The highest BCUT2D eigenvalue weighted by Gasteiger charge is 2.47. The zero-order valence-corrected chi connectivity index (χ0v) is 18.1. The van der Waals surface area contributed by atoms with Crippen molar-refractivity contribution in [3.63, 3.8) is 0 Å². The van der Waals surface area contributed by atoms with Gasteiger partial charge in [0.05, 0.1) is 29.8 Å². The second-order valence-electron chi connectivity index (χ2n) is 9.00. The van der Waals surface area contributed by atoms with Gasteiger partial charge < -0.3 is 20.1 Å². The number of aliphatic hydroxyl groups excluding tert-OH is 2. The van der Waals surface area contributed by atoms with Crippen molar-refractivity contribution in [2.45, 2.75) is 71.5 Å². The van der Waals surface area contributed by atoms with Crippen LogP contribution in [0.2, 0.25) is 0 Å². The van der Waals surface area contributed by atoms with Crippen LogP contribution < -0.4 is 0 Å². The lowest BCUT2D eigenvalue weighted by Gasteiger charge is -2.26. The Morgan fingerprint density at radius 3 is 2.47 bits per heavy atom. The third-order valence-electron chi connectivity index (χ3n) is 5.92. The van der Waals surface area contributed by atoms with Gasteiger partial charge in [0.2, 0.25) is 0 Å². The SMILES string of the molecule is CCCCC(C)(C)CC=C(O)[C@H]1[C@H](CC(=O)O)[C@H](O)C[C@H]1OC(=O)c1ccccc1. The summed E-state index contributed by atoms with van der Waals surface area (Å²) >= 11 is 0. The molecule has 1 saturated carbocycles. The molecule has 0 aliphatic heterocycles. The van der Waals surface area contributed by atoms with E-state index in [1.165, 1.54) is 0 Å². The highest BCUT2D eigenvalue weighted by atomic mass is 16.5. The average Bonchev–Trinajstić information content (AvgIpc) is 2.99. The number of benzene rings is 1. The fourth-order valence-corrected chi connectivity index (χ4v) is 4.12. The van der Waals surface area contributed by atoms with E-state index in [-0.39, 0.29) is 24.0 Å². The maximum absolute atomic E-state index is 12.5. The fraction of sp³-hybridized carbons (Fsp3) is 0.583. The van der Waals surface area contributed by atoms with Gasteiger partial charge in [0.1, 0.15) is 6.10 Å². The zero-order chi connectivity index (χ0) is 22.3. The lowest BCUT2D eigenvalue weighted by molar-refractivity contribution is -0.139. The minimum atomic E-state index is -1.06. The molecule has 1 fully saturated rings. The Kier molecular flexibility index (Phi) is 8.47. The number of hydrogen-bond donors (Lipinski definition) is 3. The Morgan fingerprint density at radius 2 is 1.87 bits per heavy atom. The Labute approximate surface area is 178 Å². The molecule has 4 atom stereocenters. The normalized spacial score (nSPS) is 24.6. The van der Waals surface area contributed by atoms with Crippen LogP contribution in [0.25, 0.3) is 0 Å². The number of carboxylic acids is 1. The molecule has 166 valence electrons. The van der Waals surface area contributed by atoms with Gasteiger partial charge in [-0.3, -0.25) is 4.79 Å². The zero-order valence-electron chi connectivity index (χ0n) is 18.1. The minimum Gasteiger partial charge on any atom is -0.512 e. The number of carbonyl (C=O) groups excluding carboxylic acids is 1. The molecular weight excluding hydrogens is 384 g/mol. The van der Waals surface area contributed by atoms with Crippen LogP contribution in [0.1, 0.15) is 69.7 Å². The van der Waals surface area contributed by atoms with Gasteiger partial charge in [-0.2, -0.15) is 0 Å². The van der Waals surface area contributed by atoms with Crippen molar-refractivity contribution in [1.29, 1.82) is 0 Å². The molecule has 6 nitrogen and oxygen atoms in total. The molecule has 0 radical (unpaired) electrons. The molecule has 2 rings (SSSR count). The van der Waals surface area contributed by atoms with Crippen molar-refractivity contribution in [2.24, 2.45) is 17.3 Å². The monoisotopic (exact) mass is 418 g/mol. The number of aliphatic carboxylic acids is 1. The minimum absolute atomic E-state index is 0.00626. The molecule has 1 aliphatic carbocycles. The number of aliphatic hydroxyl groups is 2. The largest absolute Gasteiger partial charge is 0.512 e. The van der Waals surface area contributed by atoms with Crippen molar-refractivity contribution < 1.29 is 29.6 Å². The second-order valence-corrected chi connectivity index (χ2v) is 9.00. The number of carbonyl (C=O) groups is 2. The molecule has 0 aromatic heterocycles. The van der Waals surface area contributed by atoms with E-state index in [9.17, 15) is 24.9 Å². The van der Waals surface area contributed by atoms with Gasteiger partial charge in [0, 0.05) is 12.3 Å². The quantitative estimate of drug-likeness (QED) is 0.375. The molecule has 0 heterocycles. The molecule has 6 heteroatoms. The van der Waals surface area contributed by atoms with Crippen LogP contribution in [-0.2, 0) is 9.53 Å². The maximum atomic E-state index is 12.5. The Balaban J connectivity index is 2.21. The summed E-state index contributed by atoms with van der Waals surface area (Å²) in [6.45, 7) is 6.38. The summed E-state index contributed by atoms with van der Waals surface area (Å²) < 4.78 is 5.62. The lowest BCUT2D eigenvalue weighted by atomic mass is 9.82. The van der Waals surface area contributed by atoms with Crippen molar-refractivity contribution in [3.8, 4) is 0 Å². The topological polar surface area (TPSA) is 104 Å². The molecule has 0 bridgehead atoms. The summed E-state index contributed by atoms with van der Waals surface area (Å²) in [5, 5.41) is 30.6. The first-order chi connectivity index (χ1) is 14.1. The van der Waals surface area contributed by atoms with Crippen molar-refractivity contribution in [1.82, 2.24) is 0 Å². The molecule has 3 N–H and O–H groups in total. The predicted molar refractivity (Wildman–Crippen MR) is 114 cm³/mol. The lowest BCUT2D eigenvalue weighted by Crippen LogP contribution is -2.29. The maximum Gasteiger partial charge on any atom is 0.338 e. The van der Waals surface area contributed by atoms with E-state index in [1.807, 2.05) is 0 Å². The number of esters is 1. The molecule has 30 heavy (non-hydrogen) atoms. The smallest absolute Gasteiger partial charge is 0.338 e. The van der Waals surface area contributed by atoms with E-state index < -0.39 is 36.0 Å². The van der Waals surface area contributed by atoms with E-state index in [2.05, 4.69) is 20.8 Å². The molecule has 0 spiro atoms. The fourth-order valence-electron chi connectivity index (χ4n) is 4.12. The Bertz CT molecular complexity index is 739. The van der Waals surface area contributed by atoms with E-state index >= 15 is 0 Å². The number of rotatable bonds is 10. The summed E-state index contributed by atoms with van der Waals surface area (Å²) in [6, 6.07) is 8.49. The van der Waals surface area contributed by atoms with Gasteiger partial charge in [-0.15, -0.1) is 0 Å². The van der Waals surface area contributed by atoms with E-state index in [0.29, 0.717) is 12.0 Å². The highest BCUT2D eigenvalue weighted by molar-refractivity contribution is 5.89. The van der Waals surface area contributed by atoms with Crippen LogP contribution >= 0.6 is 0 Å². The molecular formula is C24H34O6.